The number of ether oxygens (including phenoxy) is 4. The number of rotatable bonds is 16. The number of methoxy groups -OCH3 is 1. The minimum absolute atomic E-state index is 0.0552. The van der Waals surface area contributed by atoms with Gasteiger partial charge in [0, 0.05) is 0 Å². The summed E-state index contributed by atoms with van der Waals surface area (Å²) in [6.45, 7) is 1.94. The van der Waals surface area contributed by atoms with Crippen LogP contribution in [-0.2, 0) is 36.0 Å². The van der Waals surface area contributed by atoms with Crippen molar-refractivity contribution in [2.24, 2.45) is 0 Å². The van der Waals surface area contributed by atoms with Crippen LogP contribution in [0.15, 0.2) is 169 Å². The summed E-state index contributed by atoms with van der Waals surface area (Å²) in [4.78, 5) is 0.0552. The molecule has 0 radical (unpaired) electrons. The molecule has 6 aromatic carbocycles. The lowest BCUT2D eigenvalue weighted by Gasteiger charge is -2.37. The fourth-order valence-corrected chi connectivity index (χ4v) is 6.82. The molecule has 260 valence electrons. The van der Waals surface area contributed by atoms with Gasteiger partial charge >= 0.3 is 0 Å². The fourth-order valence-electron chi connectivity index (χ4n) is 5.77. The van der Waals surface area contributed by atoms with Crippen molar-refractivity contribution in [2.45, 2.75) is 30.1 Å². The Labute approximate surface area is 300 Å². The lowest BCUT2D eigenvalue weighted by molar-refractivity contribution is -0.0556. The summed E-state index contributed by atoms with van der Waals surface area (Å²) >= 11 is 0. The van der Waals surface area contributed by atoms with Gasteiger partial charge in [0.05, 0.1) is 31.8 Å². The van der Waals surface area contributed by atoms with Gasteiger partial charge in [0.25, 0.3) is 10.1 Å². The second-order valence-electron chi connectivity index (χ2n) is 12.0. The van der Waals surface area contributed by atoms with Crippen molar-refractivity contribution in [1.29, 1.82) is 0 Å². The molecule has 0 fully saturated rings. The first kappa shape index (κ1) is 35.6. The molecule has 0 spiro atoms. The number of hydrogen-bond donors (Lipinski definition) is 0. The van der Waals surface area contributed by atoms with Crippen molar-refractivity contribution in [1.82, 2.24) is 0 Å². The van der Waals surface area contributed by atoms with Crippen LogP contribution < -0.4 is 9.47 Å². The SMILES string of the molecule is COc1ccc(C(OC[C@H](COCc2ccc(Oc3ccccc3)cc2)OS(=O)(=O)c2ccc(C)cc2)(c2ccccc2)c2ccccc2)cc1. The van der Waals surface area contributed by atoms with Gasteiger partial charge in [-0.1, -0.05) is 121 Å². The maximum Gasteiger partial charge on any atom is 0.297 e. The van der Waals surface area contributed by atoms with Crippen molar-refractivity contribution in [3.63, 3.8) is 0 Å². The molecule has 8 heteroatoms. The molecule has 6 aromatic rings. The third-order valence-electron chi connectivity index (χ3n) is 8.39. The second-order valence-corrected chi connectivity index (χ2v) is 13.6. The zero-order valence-corrected chi connectivity index (χ0v) is 29.4. The van der Waals surface area contributed by atoms with Crippen LogP contribution in [0.5, 0.6) is 17.2 Å². The van der Waals surface area contributed by atoms with E-state index < -0.39 is 21.8 Å². The number of benzene rings is 6. The molecule has 0 amide bonds. The molecule has 51 heavy (non-hydrogen) atoms. The molecule has 0 heterocycles. The minimum Gasteiger partial charge on any atom is -0.497 e. The van der Waals surface area contributed by atoms with Crippen LogP contribution in [0.2, 0.25) is 0 Å². The van der Waals surface area contributed by atoms with Crippen LogP contribution in [0.4, 0.5) is 0 Å². The molecular formula is C43H40O7S. The van der Waals surface area contributed by atoms with E-state index in [1.54, 1.807) is 19.2 Å². The molecule has 6 rings (SSSR count). The van der Waals surface area contributed by atoms with Gasteiger partial charge in [0.15, 0.2) is 0 Å². The van der Waals surface area contributed by atoms with Gasteiger partial charge in [-0.2, -0.15) is 8.42 Å². The van der Waals surface area contributed by atoms with E-state index in [-0.39, 0.29) is 24.7 Å². The van der Waals surface area contributed by atoms with Crippen LogP contribution in [-0.4, -0.2) is 34.8 Å². The van der Waals surface area contributed by atoms with Crippen LogP contribution in [0, 0.1) is 6.92 Å². The van der Waals surface area contributed by atoms with Crippen molar-refractivity contribution in [3.8, 4) is 17.2 Å². The fraction of sp³-hybridized carbons (Fsp3) is 0.163. The van der Waals surface area contributed by atoms with E-state index in [0.29, 0.717) is 11.5 Å². The quantitative estimate of drug-likeness (QED) is 0.0736. The van der Waals surface area contributed by atoms with E-state index in [2.05, 4.69) is 0 Å². The topological polar surface area (TPSA) is 80.3 Å². The lowest BCUT2D eigenvalue weighted by atomic mass is 9.80. The molecule has 1 atom stereocenters. The number of hydrogen-bond acceptors (Lipinski definition) is 7. The minimum atomic E-state index is -4.17. The molecule has 0 aliphatic carbocycles. The zero-order valence-electron chi connectivity index (χ0n) is 28.6. The van der Waals surface area contributed by atoms with Gasteiger partial charge in [-0.25, -0.2) is 0 Å². The van der Waals surface area contributed by atoms with Gasteiger partial charge in [0.1, 0.15) is 29.0 Å². The maximum atomic E-state index is 13.6. The Morgan fingerprint density at radius 3 is 1.65 bits per heavy atom. The molecule has 0 saturated carbocycles. The van der Waals surface area contributed by atoms with Crippen molar-refractivity contribution in [2.75, 3.05) is 20.3 Å². The Balaban J connectivity index is 1.28. The standard InChI is InChI=1S/C43H40O7S/c1-33-18-28-42(29-19-33)51(44,45)50-41(31-47-30-34-20-24-40(25-21-34)49-39-16-10-5-11-17-39)32-48-43(35-12-6-3-7-13-35,36-14-8-4-9-15-36)37-22-26-38(46-2)27-23-37/h3-29,41H,30-32H2,1-2H3/t41-/m0/s1. The zero-order chi connectivity index (χ0) is 35.5. The summed E-state index contributed by atoms with van der Waals surface area (Å²) in [6, 6.07) is 51.0. The first-order valence-corrected chi connectivity index (χ1v) is 18.1. The van der Waals surface area contributed by atoms with Crippen molar-refractivity contribution >= 4 is 10.1 Å². The van der Waals surface area contributed by atoms with Crippen LogP contribution in [0.3, 0.4) is 0 Å². The normalized spacial score (nSPS) is 12.3. The molecule has 0 aromatic heterocycles. The maximum absolute atomic E-state index is 13.6. The van der Waals surface area contributed by atoms with Crippen molar-refractivity contribution < 1.29 is 31.5 Å². The average molecular weight is 701 g/mol. The van der Waals surface area contributed by atoms with E-state index in [4.69, 9.17) is 23.1 Å². The Morgan fingerprint density at radius 2 is 1.08 bits per heavy atom. The number of para-hydroxylation sites is 1. The highest BCUT2D eigenvalue weighted by molar-refractivity contribution is 7.86. The Bertz CT molecular complexity index is 2010. The highest BCUT2D eigenvalue weighted by Gasteiger charge is 2.39. The van der Waals surface area contributed by atoms with E-state index in [1.807, 2.05) is 146 Å². The first-order chi connectivity index (χ1) is 24.9. The van der Waals surface area contributed by atoms with Crippen LogP contribution in [0.1, 0.15) is 27.8 Å². The van der Waals surface area contributed by atoms with Gasteiger partial charge in [-0.3, -0.25) is 4.18 Å². The van der Waals surface area contributed by atoms with Gasteiger partial charge < -0.3 is 18.9 Å². The van der Waals surface area contributed by atoms with E-state index in [1.165, 1.54) is 12.1 Å². The summed E-state index contributed by atoms with van der Waals surface area (Å²) in [7, 11) is -2.55. The Kier molecular flexibility index (Phi) is 11.6. The molecular weight excluding hydrogens is 661 g/mol. The predicted octanol–water partition coefficient (Wildman–Crippen LogP) is 9.10. The van der Waals surface area contributed by atoms with E-state index in [9.17, 15) is 8.42 Å². The van der Waals surface area contributed by atoms with E-state index in [0.717, 1.165) is 33.6 Å². The molecule has 7 nitrogen and oxygen atoms in total. The van der Waals surface area contributed by atoms with Gasteiger partial charge in [-0.05, 0) is 77.7 Å². The van der Waals surface area contributed by atoms with Crippen LogP contribution >= 0.6 is 0 Å². The molecule has 0 aliphatic heterocycles. The highest BCUT2D eigenvalue weighted by atomic mass is 32.2. The summed E-state index contributed by atoms with van der Waals surface area (Å²) in [5, 5.41) is 0. The molecule has 0 saturated heterocycles. The number of aryl methyl sites for hydroxylation is 1. The van der Waals surface area contributed by atoms with Crippen LogP contribution in [0.25, 0.3) is 0 Å². The van der Waals surface area contributed by atoms with Crippen molar-refractivity contribution in [3.05, 3.63) is 192 Å². The predicted molar refractivity (Wildman–Crippen MR) is 198 cm³/mol. The Morgan fingerprint density at radius 1 is 0.569 bits per heavy atom. The summed E-state index contributed by atoms with van der Waals surface area (Å²) in [6.07, 6.45) is -0.998. The summed E-state index contributed by atoms with van der Waals surface area (Å²) in [5.74, 6) is 2.14. The summed E-state index contributed by atoms with van der Waals surface area (Å²) in [5.41, 5.74) is 3.25. The van der Waals surface area contributed by atoms with Gasteiger partial charge in [0.2, 0.25) is 0 Å². The van der Waals surface area contributed by atoms with E-state index >= 15 is 0 Å². The lowest BCUT2D eigenvalue weighted by Crippen LogP contribution is -2.38. The largest absolute Gasteiger partial charge is 0.497 e. The average Bonchev–Trinajstić information content (AvgIpc) is 3.17. The third kappa shape index (κ3) is 8.92. The summed E-state index contributed by atoms with van der Waals surface area (Å²) < 4.78 is 57.6. The van der Waals surface area contributed by atoms with Gasteiger partial charge in [-0.15, -0.1) is 0 Å². The molecule has 0 N–H and O–H groups in total. The highest BCUT2D eigenvalue weighted by Crippen LogP contribution is 2.41. The first-order valence-electron chi connectivity index (χ1n) is 16.6. The second kappa shape index (κ2) is 16.6. The molecule has 0 bridgehead atoms. The third-order valence-corrected chi connectivity index (χ3v) is 9.77. The molecule has 0 unspecified atom stereocenters. The Hall–Kier alpha value is -5.25. The monoisotopic (exact) mass is 700 g/mol. The molecule has 0 aliphatic rings. The smallest absolute Gasteiger partial charge is 0.297 e.